The summed E-state index contributed by atoms with van der Waals surface area (Å²) in [5, 5.41) is 7.22. The molecule has 0 saturated carbocycles. The van der Waals surface area contributed by atoms with Gasteiger partial charge in [0.25, 0.3) is 0 Å². The van der Waals surface area contributed by atoms with Crippen LogP contribution in [0.15, 0.2) is 0 Å². The highest BCUT2D eigenvalue weighted by Crippen LogP contribution is 2.15. The van der Waals surface area contributed by atoms with E-state index < -0.39 is 0 Å². The summed E-state index contributed by atoms with van der Waals surface area (Å²) >= 11 is 0. The molecule has 0 bridgehead atoms. The Hall–Kier alpha value is -1.56. The van der Waals surface area contributed by atoms with Crippen LogP contribution in [0.5, 0.6) is 0 Å². The molecule has 1 aromatic rings. The van der Waals surface area contributed by atoms with Crippen molar-refractivity contribution in [3.05, 3.63) is 11.4 Å². The van der Waals surface area contributed by atoms with Crippen molar-refractivity contribution >= 4 is 11.6 Å². The second-order valence-corrected chi connectivity index (χ2v) is 5.10. The van der Waals surface area contributed by atoms with Gasteiger partial charge in [-0.25, -0.2) is 0 Å². The molecule has 0 radical (unpaired) electrons. The summed E-state index contributed by atoms with van der Waals surface area (Å²) in [6.45, 7) is 6.27. The first-order valence-electron chi connectivity index (χ1n) is 6.72. The van der Waals surface area contributed by atoms with E-state index in [0.717, 1.165) is 44.0 Å². The average molecular weight is 266 g/mol. The molecule has 2 rings (SSSR count). The first-order valence-corrected chi connectivity index (χ1v) is 6.72. The van der Waals surface area contributed by atoms with Gasteiger partial charge in [-0.1, -0.05) is 0 Å². The number of anilines is 1. The van der Waals surface area contributed by atoms with Crippen LogP contribution < -0.4 is 11.1 Å². The van der Waals surface area contributed by atoms with Crippen LogP contribution in [-0.2, 0) is 16.1 Å². The minimum Gasteiger partial charge on any atom is -0.396 e. The predicted molar refractivity (Wildman–Crippen MR) is 72.7 cm³/mol. The van der Waals surface area contributed by atoms with E-state index >= 15 is 0 Å². The quantitative estimate of drug-likeness (QED) is 0.837. The highest BCUT2D eigenvalue weighted by atomic mass is 16.5. The predicted octanol–water partition coefficient (Wildman–Crippen LogP) is 0.625. The Bertz CT molecular complexity index is 450. The van der Waals surface area contributed by atoms with Gasteiger partial charge in [-0.3, -0.25) is 9.48 Å². The van der Waals surface area contributed by atoms with E-state index in [9.17, 15) is 4.79 Å². The monoisotopic (exact) mass is 266 g/mol. The molecule has 106 valence electrons. The molecular weight excluding hydrogens is 244 g/mol. The molecule has 0 spiro atoms. The second kappa shape index (κ2) is 6.06. The number of nitrogens with one attached hydrogen (secondary N) is 1. The lowest BCUT2D eigenvalue weighted by molar-refractivity contribution is -0.122. The number of nitrogens with zero attached hydrogens (tertiary/aromatic N) is 2. The number of amides is 1. The maximum absolute atomic E-state index is 11.9. The molecule has 6 nitrogen and oxygen atoms in total. The van der Waals surface area contributed by atoms with Gasteiger partial charge in [-0.15, -0.1) is 0 Å². The van der Waals surface area contributed by atoms with Crippen molar-refractivity contribution in [2.24, 2.45) is 5.92 Å². The fourth-order valence-corrected chi connectivity index (χ4v) is 2.27. The smallest absolute Gasteiger partial charge is 0.241 e. The first-order chi connectivity index (χ1) is 9.08. The maximum Gasteiger partial charge on any atom is 0.241 e. The fourth-order valence-electron chi connectivity index (χ4n) is 2.27. The SMILES string of the molecule is Cc1nn(CC(=O)NCC2CCOCC2)c(C)c1N. The van der Waals surface area contributed by atoms with E-state index in [4.69, 9.17) is 10.5 Å². The van der Waals surface area contributed by atoms with Crippen LogP contribution in [0.4, 0.5) is 5.69 Å². The van der Waals surface area contributed by atoms with Crippen LogP contribution in [0.2, 0.25) is 0 Å². The summed E-state index contributed by atoms with van der Waals surface area (Å²) in [6.07, 6.45) is 2.04. The molecule has 1 aliphatic rings. The molecule has 1 aliphatic heterocycles. The Morgan fingerprint density at radius 2 is 2.16 bits per heavy atom. The number of carbonyl (C=O) groups excluding carboxylic acids is 1. The van der Waals surface area contributed by atoms with Crippen molar-refractivity contribution in [3.63, 3.8) is 0 Å². The topological polar surface area (TPSA) is 82.2 Å². The van der Waals surface area contributed by atoms with Crippen LogP contribution in [0.3, 0.4) is 0 Å². The average Bonchev–Trinajstić information content (AvgIpc) is 2.65. The minimum atomic E-state index is -0.0166. The van der Waals surface area contributed by atoms with E-state index in [2.05, 4.69) is 10.4 Å². The molecule has 1 fully saturated rings. The molecule has 2 heterocycles. The Kier molecular flexibility index (Phi) is 4.42. The van der Waals surface area contributed by atoms with E-state index in [-0.39, 0.29) is 12.5 Å². The van der Waals surface area contributed by atoms with Crippen LogP contribution in [-0.4, -0.2) is 35.4 Å². The van der Waals surface area contributed by atoms with Gasteiger partial charge in [0.15, 0.2) is 0 Å². The molecule has 0 aliphatic carbocycles. The summed E-state index contributed by atoms with van der Waals surface area (Å²) in [6, 6.07) is 0. The molecule has 19 heavy (non-hydrogen) atoms. The number of rotatable bonds is 4. The van der Waals surface area contributed by atoms with Gasteiger partial charge in [0.2, 0.25) is 5.91 Å². The molecule has 1 saturated heterocycles. The zero-order valence-corrected chi connectivity index (χ0v) is 11.6. The van der Waals surface area contributed by atoms with E-state index in [1.807, 2.05) is 13.8 Å². The van der Waals surface area contributed by atoms with E-state index in [0.29, 0.717) is 11.6 Å². The van der Waals surface area contributed by atoms with Crippen LogP contribution in [0, 0.1) is 19.8 Å². The van der Waals surface area contributed by atoms with Crippen LogP contribution >= 0.6 is 0 Å². The molecule has 1 amide bonds. The third kappa shape index (κ3) is 3.47. The third-order valence-electron chi connectivity index (χ3n) is 3.66. The summed E-state index contributed by atoms with van der Waals surface area (Å²) in [4.78, 5) is 11.9. The number of carbonyl (C=O) groups is 1. The molecular formula is C13H22N4O2. The maximum atomic E-state index is 11.9. The number of hydrogen-bond donors (Lipinski definition) is 2. The largest absolute Gasteiger partial charge is 0.396 e. The van der Waals surface area contributed by atoms with E-state index in [1.54, 1.807) is 4.68 Å². The van der Waals surface area contributed by atoms with Crippen LogP contribution in [0.25, 0.3) is 0 Å². The van der Waals surface area contributed by atoms with E-state index in [1.165, 1.54) is 0 Å². The Morgan fingerprint density at radius 3 is 2.74 bits per heavy atom. The number of aromatic nitrogens is 2. The van der Waals surface area contributed by atoms with Crippen molar-refractivity contribution in [2.75, 3.05) is 25.5 Å². The summed E-state index contributed by atoms with van der Waals surface area (Å²) in [7, 11) is 0. The van der Waals surface area contributed by atoms with Crippen molar-refractivity contribution in [1.82, 2.24) is 15.1 Å². The zero-order chi connectivity index (χ0) is 13.8. The van der Waals surface area contributed by atoms with Crippen LogP contribution in [0.1, 0.15) is 24.2 Å². The normalized spacial score (nSPS) is 16.5. The Morgan fingerprint density at radius 1 is 1.47 bits per heavy atom. The number of nitrogens with two attached hydrogens (primary N) is 1. The second-order valence-electron chi connectivity index (χ2n) is 5.10. The van der Waals surface area contributed by atoms with Gasteiger partial charge >= 0.3 is 0 Å². The number of aryl methyl sites for hydroxylation is 1. The van der Waals surface area contributed by atoms with Crippen molar-refractivity contribution in [2.45, 2.75) is 33.2 Å². The fraction of sp³-hybridized carbons (Fsp3) is 0.692. The van der Waals surface area contributed by atoms with Gasteiger partial charge in [-0.2, -0.15) is 5.10 Å². The molecule has 1 aromatic heterocycles. The molecule has 3 N–H and O–H groups in total. The molecule has 0 atom stereocenters. The molecule has 0 aromatic carbocycles. The highest BCUT2D eigenvalue weighted by Gasteiger charge is 2.16. The molecule has 6 heteroatoms. The number of nitrogen functional groups attached to an aromatic ring is 1. The Labute approximate surface area is 113 Å². The number of hydrogen-bond acceptors (Lipinski definition) is 4. The lowest BCUT2D eigenvalue weighted by atomic mass is 10.0. The standard InChI is InChI=1S/C13H22N4O2/c1-9-13(14)10(2)17(16-9)8-12(18)15-7-11-3-5-19-6-4-11/h11H,3-8,14H2,1-2H3,(H,15,18). The zero-order valence-electron chi connectivity index (χ0n) is 11.6. The summed E-state index contributed by atoms with van der Waals surface area (Å²) in [5.74, 6) is 0.514. The summed E-state index contributed by atoms with van der Waals surface area (Å²) < 4.78 is 6.95. The minimum absolute atomic E-state index is 0.0166. The lowest BCUT2D eigenvalue weighted by Crippen LogP contribution is -2.34. The molecule has 0 unspecified atom stereocenters. The van der Waals surface area contributed by atoms with Gasteiger partial charge in [0, 0.05) is 19.8 Å². The van der Waals surface area contributed by atoms with Gasteiger partial charge in [-0.05, 0) is 32.6 Å². The van der Waals surface area contributed by atoms with Crippen molar-refractivity contribution < 1.29 is 9.53 Å². The Balaban J connectivity index is 1.82. The summed E-state index contributed by atoms with van der Waals surface area (Å²) in [5.41, 5.74) is 8.12. The first kappa shape index (κ1) is 13.9. The van der Waals surface area contributed by atoms with Crippen molar-refractivity contribution in [1.29, 1.82) is 0 Å². The van der Waals surface area contributed by atoms with Crippen molar-refractivity contribution in [3.8, 4) is 0 Å². The highest BCUT2D eigenvalue weighted by molar-refractivity contribution is 5.75. The van der Waals surface area contributed by atoms with Gasteiger partial charge < -0.3 is 15.8 Å². The van der Waals surface area contributed by atoms with Gasteiger partial charge in [0.1, 0.15) is 6.54 Å². The third-order valence-corrected chi connectivity index (χ3v) is 3.66. The lowest BCUT2D eigenvalue weighted by Gasteiger charge is -2.22. The number of ether oxygens (including phenoxy) is 1. The van der Waals surface area contributed by atoms with Gasteiger partial charge in [0.05, 0.1) is 17.1 Å².